The predicted octanol–water partition coefficient (Wildman–Crippen LogP) is 0.609. The van der Waals surface area contributed by atoms with E-state index in [4.69, 9.17) is 4.74 Å². The number of urea groups is 1. The van der Waals surface area contributed by atoms with Crippen molar-refractivity contribution in [3.05, 3.63) is 41.4 Å². The summed E-state index contributed by atoms with van der Waals surface area (Å²) >= 11 is 0. The Morgan fingerprint density at radius 1 is 1.36 bits per heavy atom. The quantitative estimate of drug-likeness (QED) is 0.768. The number of aromatic nitrogens is 4. The molecule has 1 aromatic carbocycles. The van der Waals surface area contributed by atoms with Crippen LogP contribution in [0.4, 0.5) is 9.18 Å². The first-order chi connectivity index (χ1) is 12.1. The predicted molar refractivity (Wildman–Crippen MR) is 83.4 cm³/mol. The molecule has 0 spiro atoms. The van der Waals surface area contributed by atoms with Crippen molar-refractivity contribution < 1.29 is 18.7 Å². The normalized spacial score (nSPS) is 14.1. The Bertz CT molecular complexity index is 830. The molecule has 130 valence electrons. The van der Waals surface area contributed by atoms with E-state index in [9.17, 15) is 14.0 Å². The van der Waals surface area contributed by atoms with Gasteiger partial charge in [0, 0.05) is 5.56 Å². The molecule has 2 heterocycles. The molecule has 0 bridgehead atoms. The minimum atomic E-state index is -0.524. The lowest BCUT2D eigenvalue weighted by atomic mass is 10.1. The number of carbonyl (C=O) groups is 2. The molecule has 9 nitrogen and oxygen atoms in total. The van der Waals surface area contributed by atoms with Gasteiger partial charge in [0.1, 0.15) is 12.4 Å². The third-order valence-corrected chi connectivity index (χ3v) is 3.43. The average molecular weight is 346 g/mol. The summed E-state index contributed by atoms with van der Waals surface area (Å²) in [6, 6.07) is 5.23. The summed E-state index contributed by atoms with van der Waals surface area (Å²) in [7, 11) is 0. The monoisotopic (exact) mass is 346 g/mol. The Morgan fingerprint density at radius 3 is 2.84 bits per heavy atom. The van der Waals surface area contributed by atoms with Crippen LogP contribution in [0.3, 0.4) is 0 Å². The number of benzene rings is 1. The minimum absolute atomic E-state index is 0.0375. The number of carbonyl (C=O) groups excluding carboxylic acids is 2. The molecule has 2 aromatic rings. The van der Waals surface area contributed by atoms with Gasteiger partial charge in [-0.15, -0.1) is 10.2 Å². The zero-order valence-corrected chi connectivity index (χ0v) is 13.3. The van der Waals surface area contributed by atoms with Crippen molar-refractivity contribution >= 4 is 12.0 Å². The van der Waals surface area contributed by atoms with E-state index in [1.54, 1.807) is 6.92 Å². The number of allylic oxidation sites excluding steroid dienone is 1. The van der Waals surface area contributed by atoms with Crippen molar-refractivity contribution in [3.63, 3.8) is 0 Å². The molecule has 2 amide bonds. The van der Waals surface area contributed by atoms with Crippen LogP contribution in [0.25, 0.3) is 11.4 Å². The number of nitrogens with zero attached hydrogens (tertiary/aromatic N) is 4. The number of tetrazole rings is 1. The standard InChI is InChI=1S/C15H15FN6O3/c1-2-25-14(23)11-7-17-15(24)18-12(11)8-22-20-13(19-21-22)9-3-5-10(16)6-4-9/h3-6H,2,7-8H2,1H3,(H2,17,18,24). The summed E-state index contributed by atoms with van der Waals surface area (Å²) < 4.78 is 18.0. The van der Waals surface area contributed by atoms with Gasteiger partial charge in [-0.2, -0.15) is 4.80 Å². The van der Waals surface area contributed by atoms with Crippen molar-refractivity contribution in [3.8, 4) is 11.4 Å². The zero-order valence-electron chi connectivity index (χ0n) is 13.3. The highest BCUT2D eigenvalue weighted by Gasteiger charge is 2.24. The van der Waals surface area contributed by atoms with Crippen LogP contribution in [0.15, 0.2) is 35.5 Å². The third kappa shape index (κ3) is 3.79. The van der Waals surface area contributed by atoms with Gasteiger partial charge in [-0.1, -0.05) is 0 Å². The molecule has 0 unspecified atom stereocenters. The van der Waals surface area contributed by atoms with Gasteiger partial charge in [0.2, 0.25) is 5.82 Å². The fourth-order valence-corrected chi connectivity index (χ4v) is 2.25. The van der Waals surface area contributed by atoms with Crippen LogP contribution in [0.5, 0.6) is 0 Å². The van der Waals surface area contributed by atoms with Crippen molar-refractivity contribution in [1.82, 2.24) is 30.8 Å². The topological polar surface area (TPSA) is 111 Å². The van der Waals surface area contributed by atoms with Gasteiger partial charge in [0.15, 0.2) is 0 Å². The maximum absolute atomic E-state index is 13.0. The van der Waals surface area contributed by atoms with Crippen LogP contribution in [0, 0.1) is 5.82 Å². The van der Waals surface area contributed by atoms with E-state index in [1.165, 1.54) is 29.1 Å². The van der Waals surface area contributed by atoms with Gasteiger partial charge >= 0.3 is 12.0 Å². The van der Waals surface area contributed by atoms with Crippen molar-refractivity contribution in [1.29, 1.82) is 0 Å². The lowest BCUT2D eigenvalue weighted by molar-refractivity contribution is -0.138. The van der Waals surface area contributed by atoms with Crippen molar-refractivity contribution in [2.75, 3.05) is 13.2 Å². The second kappa shape index (κ2) is 7.07. The molecule has 1 aromatic heterocycles. The molecule has 10 heteroatoms. The molecule has 0 saturated heterocycles. The van der Waals surface area contributed by atoms with Crippen LogP contribution >= 0.6 is 0 Å². The maximum Gasteiger partial charge on any atom is 0.337 e. The summed E-state index contributed by atoms with van der Waals surface area (Å²) in [5.41, 5.74) is 1.23. The largest absolute Gasteiger partial charge is 0.463 e. The zero-order chi connectivity index (χ0) is 17.8. The van der Waals surface area contributed by atoms with Crippen LogP contribution in [0.1, 0.15) is 6.92 Å². The molecule has 25 heavy (non-hydrogen) atoms. The SMILES string of the molecule is CCOC(=O)C1=C(Cn2nnc(-c3ccc(F)cc3)n2)NC(=O)NC1. The number of esters is 1. The lowest BCUT2D eigenvalue weighted by Crippen LogP contribution is -2.45. The molecule has 0 fully saturated rings. The van der Waals surface area contributed by atoms with Gasteiger partial charge in [-0.25, -0.2) is 14.0 Å². The number of amides is 2. The second-order valence-electron chi connectivity index (χ2n) is 5.14. The van der Waals surface area contributed by atoms with Gasteiger partial charge in [0.25, 0.3) is 0 Å². The first-order valence-electron chi connectivity index (χ1n) is 7.54. The number of halogens is 1. The summed E-state index contributed by atoms with van der Waals surface area (Å²) in [4.78, 5) is 24.8. The number of hydrogen-bond donors (Lipinski definition) is 2. The van der Waals surface area contributed by atoms with Gasteiger partial charge < -0.3 is 15.4 Å². The van der Waals surface area contributed by atoms with Crippen molar-refractivity contribution in [2.45, 2.75) is 13.5 Å². The molecule has 0 radical (unpaired) electrons. The van der Waals surface area contributed by atoms with Crippen LogP contribution in [0.2, 0.25) is 0 Å². The number of nitrogens with one attached hydrogen (secondary N) is 2. The minimum Gasteiger partial charge on any atom is -0.463 e. The van der Waals surface area contributed by atoms with E-state index in [1.807, 2.05) is 0 Å². The molecule has 2 N–H and O–H groups in total. The first kappa shape index (κ1) is 16.6. The van der Waals surface area contributed by atoms with E-state index in [2.05, 4.69) is 26.0 Å². The molecular formula is C15H15FN6O3. The Balaban J connectivity index is 1.83. The highest BCUT2D eigenvalue weighted by molar-refractivity contribution is 5.93. The molecule has 1 aliphatic rings. The fraction of sp³-hybridized carbons (Fsp3) is 0.267. The number of rotatable bonds is 5. The van der Waals surface area contributed by atoms with Gasteiger partial charge in [-0.3, -0.25) is 0 Å². The molecule has 1 aliphatic heterocycles. The first-order valence-corrected chi connectivity index (χ1v) is 7.54. The Kier molecular flexibility index (Phi) is 4.68. The molecule has 3 rings (SSSR count). The van der Waals surface area contributed by atoms with Crippen LogP contribution < -0.4 is 10.6 Å². The summed E-state index contributed by atoms with van der Waals surface area (Å²) in [5, 5.41) is 17.1. The maximum atomic E-state index is 13.0. The molecule has 0 aliphatic carbocycles. The fourth-order valence-electron chi connectivity index (χ4n) is 2.25. The average Bonchev–Trinajstić information content (AvgIpc) is 3.04. The third-order valence-electron chi connectivity index (χ3n) is 3.43. The lowest BCUT2D eigenvalue weighted by Gasteiger charge is -2.20. The van der Waals surface area contributed by atoms with Gasteiger partial charge in [0.05, 0.1) is 24.4 Å². The van der Waals surface area contributed by atoms with E-state index in [-0.39, 0.29) is 25.5 Å². The van der Waals surface area contributed by atoms with E-state index in [0.29, 0.717) is 22.7 Å². The Morgan fingerprint density at radius 2 is 2.12 bits per heavy atom. The van der Waals surface area contributed by atoms with Crippen molar-refractivity contribution in [2.24, 2.45) is 0 Å². The summed E-state index contributed by atoms with van der Waals surface area (Å²) in [6.07, 6.45) is 0. The molecule has 0 saturated carbocycles. The second-order valence-corrected chi connectivity index (χ2v) is 5.14. The number of hydrogen-bond acceptors (Lipinski definition) is 6. The van der Waals surface area contributed by atoms with Crippen LogP contribution in [-0.2, 0) is 16.1 Å². The Labute approximate surface area is 141 Å². The molecular weight excluding hydrogens is 331 g/mol. The molecule has 0 atom stereocenters. The summed E-state index contributed by atoms with van der Waals surface area (Å²) in [6.45, 7) is 2.01. The highest BCUT2D eigenvalue weighted by Crippen LogP contribution is 2.15. The Hall–Kier alpha value is -3.30. The summed E-state index contributed by atoms with van der Waals surface area (Å²) in [5.74, 6) is -0.583. The number of ether oxygens (including phenoxy) is 1. The van der Waals surface area contributed by atoms with Crippen LogP contribution in [-0.4, -0.2) is 45.4 Å². The smallest absolute Gasteiger partial charge is 0.337 e. The van der Waals surface area contributed by atoms with E-state index < -0.39 is 12.0 Å². The van der Waals surface area contributed by atoms with Gasteiger partial charge in [-0.05, 0) is 36.4 Å². The highest BCUT2D eigenvalue weighted by atomic mass is 19.1. The van der Waals surface area contributed by atoms with E-state index in [0.717, 1.165) is 0 Å². The van der Waals surface area contributed by atoms with E-state index >= 15 is 0 Å².